The Kier molecular flexibility index (Phi) is 15.0. The number of carbonyl (C=O) groups is 7. The fraction of sp³-hybridized carbons (Fsp3) is 0.600. The van der Waals surface area contributed by atoms with Gasteiger partial charge in [-0.15, -0.1) is 0 Å². The molecule has 0 aromatic rings. The summed E-state index contributed by atoms with van der Waals surface area (Å²) in [4.78, 5) is 86.5. The number of nitrogens with one attached hydrogen (secondary N) is 3. The summed E-state index contributed by atoms with van der Waals surface area (Å²) in [6.07, 6.45) is -2.03. The van der Waals surface area contributed by atoms with Gasteiger partial charge in [0.05, 0.1) is 12.5 Å². The zero-order valence-electron chi connectivity index (χ0n) is 20.6. The van der Waals surface area contributed by atoms with Crippen LogP contribution in [0.3, 0.4) is 0 Å². The summed E-state index contributed by atoms with van der Waals surface area (Å²) in [6.45, 7) is 0.190. The van der Waals surface area contributed by atoms with Crippen molar-refractivity contribution in [2.24, 2.45) is 33.7 Å². The molecule has 0 heterocycles. The summed E-state index contributed by atoms with van der Waals surface area (Å²) in [6, 6.07) is -5.84. The molecule has 0 spiro atoms. The van der Waals surface area contributed by atoms with Crippen LogP contribution in [-0.4, -0.2) is 88.4 Å². The molecule has 0 bridgehead atoms. The first-order valence-electron chi connectivity index (χ1n) is 11.4. The number of nitrogens with two attached hydrogens (primary N) is 5. The molecular weight excluding hydrogens is 510 g/mol. The van der Waals surface area contributed by atoms with E-state index in [1.807, 2.05) is 5.32 Å². The van der Waals surface area contributed by atoms with Crippen molar-refractivity contribution in [1.82, 2.24) is 16.0 Å². The number of amides is 5. The van der Waals surface area contributed by atoms with E-state index in [0.717, 1.165) is 0 Å². The molecule has 0 aromatic heterocycles. The maximum Gasteiger partial charge on any atom is 0.326 e. The summed E-state index contributed by atoms with van der Waals surface area (Å²) in [5.74, 6) is -7.78. The Hall–Kier alpha value is -4.48. The lowest BCUT2D eigenvalue weighted by molar-refractivity contribution is -0.144. The Morgan fingerprint density at radius 2 is 1.18 bits per heavy atom. The number of guanidine groups is 1. The molecule has 0 saturated carbocycles. The van der Waals surface area contributed by atoms with Crippen LogP contribution in [0.5, 0.6) is 0 Å². The van der Waals surface area contributed by atoms with Crippen molar-refractivity contribution in [3.8, 4) is 0 Å². The van der Waals surface area contributed by atoms with Gasteiger partial charge in [0.15, 0.2) is 5.96 Å². The summed E-state index contributed by atoms with van der Waals surface area (Å²) in [7, 11) is 0. The summed E-state index contributed by atoms with van der Waals surface area (Å²) >= 11 is 0. The van der Waals surface area contributed by atoms with Crippen LogP contribution in [0.2, 0.25) is 0 Å². The highest BCUT2D eigenvalue weighted by Crippen LogP contribution is 2.05. The Balaban J connectivity index is 5.58. The van der Waals surface area contributed by atoms with Gasteiger partial charge in [-0.05, 0) is 25.7 Å². The van der Waals surface area contributed by atoms with Gasteiger partial charge in [-0.3, -0.25) is 33.8 Å². The second-order valence-electron chi connectivity index (χ2n) is 8.18. The first-order chi connectivity index (χ1) is 17.6. The van der Waals surface area contributed by atoms with E-state index in [1.165, 1.54) is 0 Å². The minimum absolute atomic E-state index is 0.121. The summed E-state index contributed by atoms with van der Waals surface area (Å²) < 4.78 is 0. The lowest BCUT2D eigenvalue weighted by Crippen LogP contribution is -2.57. The molecule has 0 aliphatic carbocycles. The minimum atomic E-state index is -1.73. The second kappa shape index (κ2) is 17.1. The van der Waals surface area contributed by atoms with Crippen molar-refractivity contribution in [2.45, 2.75) is 69.1 Å². The van der Waals surface area contributed by atoms with Crippen LogP contribution in [0, 0.1) is 0 Å². The third-order valence-corrected chi connectivity index (χ3v) is 4.92. The topological polar surface area (TPSA) is 338 Å². The largest absolute Gasteiger partial charge is 0.481 e. The van der Waals surface area contributed by atoms with Crippen LogP contribution in [0.25, 0.3) is 0 Å². The average molecular weight is 546 g/mol. The van der Waals surface area contributed by atoms with E-state index in [4.69, 9.17) is 33.8 Å². The van der Waals surface area contributed by atoms with Gasteiger partial charge in [0, 0.05) is 19.4 Å². The third kappa shape index (κ3) is 14.8. The van der Waals surface area contributed by atoms with E-state index < -0.39 is 91.3 Å². The van der Waals surface area contributed by atoms with Gasteiger partial charge in [0.2, 0.25) is 29.5 Å². The number of carboxylic acids is 2. The summed E-state index contributed by atoms with van der Waals surface area (Å²) in [5.41, 5.74) is 26.3. The predicted octanol–water partition coefficient (Wildman–Crippen LogP) is -5.09. The van der Waals surface area contributed by atoms with E-state index in [2.05, 4.69) is 15.6 Å². The normalized spacial score (nSPS) is 13.6. The van der Waals surface area contributed by atoms with Crippen LogP contribution in [0.15, 0.2) is 4.99 Å². The smallest absolute Gasteiger partial charge is 0.326 e. The van der Waals surface area contributed by atoms with Crippen molar-refractivity contribution >= 4 is 47.4 Å². The van der Waals surface area contributed by atoms with Gasteiger partial charge in [-0.2, -0.15) is 0 Å². The van der Waals surface area contributed by atoms with E-state index >= 15 is 0 Å². The lowest BCUT2D eigenvalue weighted by Gasteiger charge is -2.24. The molecule has 0 aliphatic heterocycles. The van der Waals surface area contributed by atoms with Crippen molar-refractivity contribution in [1.29, 1.82) is 0 Å². The average Bonchev–Trinajstić information content (AvgIpc) is 2.80. The zero-order chi connectivity index (χ0) is 29.4. The van der Waals surface area contributed by atoms with Gasteiger partial charge in [0.25, 0.3) is 0 Å². The molecule has 38 heavy (non-hydrogen) atoms. The van der Waals surface area contributed by atoms with Crippen molar-refractivity contribution in [2.75, 3.05) is 6.54 Å². The van der Waals surface area contributed by atoms with Crippen molar-refractivity contribution in [3.05, 3.63) is 0 Å². The predicted molar refractivity (Wildman–Crippen MR) is 130 cm³/mol. The molecule has 15 N–H and O–H groups in total. The van der Waals surface area contributed by atoms with Gasteiger partial charge in [-0.1, -0.05) is 0 Å². The third-order valence-electron chi connectivity index (χ3n) is 4.92. The van der Waals surface area contributed by atoms with Crippen LogP contribution >= 0.6 is 0 Å². The fourth-order valence-corrected chi connectivity index (χ4v) is 2.97. The SMILES string of the molecule is NC(=O)CCC(NC(=O)C(CCC(=O)O)NC(=O)C(N)CCCN=C(N)N)C(=O)NC(CC(N)=O)C(=O)O. The molecule has 0 saturated heterocycles. The number of carboxylic acid groups (broad SMARTS) is 2. The summed E-state index contributed by atoms with van der Waals surface area (Å²) in [5, 5.41) is 24.8. The first-order valence-corrected chi connectivity index (χ1v) is 11.4. The Bertz CT molecular complexity index is 922. The number of aliphatic carboxylic acids is 2. The molecule has 0 rings (SSSR count). The Morgan fingerprint density at radius 3 is 1.63 bits per heavy atom. The number of aliphatic imine (C=N–C) groups is 1. The number of hydrogen-bond donors (Lipinski definition) is 10. The van der Waals surface area contributed by atoms with Crippen LogP contribution in [-0.2, 0) is 33.6 Å². The molecule has 5 amide bonds. The number of carbonyl (C=O) groups excluding carboxylic acids is 5. The molecule has 0 aromatic carbocycles. The molecule has 18 heteroatoms. The van der Waals surface area contributed by atoms with Crippen LogP contribution < -0.4 is 44.6 Å². The monoisotopic (exact) mass is 545 g/mol. The van der Waals surface area contributed by atoms with E-state index in [9.17, 15) is 38.7 Å². The van der Waals surface area contributed by atoms with E-state index in [1.54, 1.807) is 0 Å². The van der Waals surface area contributed by atoms with Gasteiger partial charge in [0.1, 0.15) is 18.1 Å². The molecule has 0 aliphatic rings. The molecule has 214 valence electrons. The maximum atomic E-state index is 12.9. The zero-order valence-corrected chi connectivity index (χ0v) is 20.6. The van der Waals surface area contributed by atoms with Gasteiger partial charge in [-0.25, -0.2) is 4.79 Å². The molecule has 4 unspecified atom stereocenters. The quantitative estimate of drug-likeness (QED) is 0.0414. The second-order valence-corrected chi connectivity index (χ2v) is 8.18. The van der Waals surface area contributed by atoms with Crippen LogP contribution in [0.4, 0.5) is 0 Å². The number of primary amides is 2. The Labute approximate surface area is 217 Å². The lowest BCUT2D eigenvalue weighted by atomic mass is 10.1. The highest BCUT2D eigenvalue weighted by atomic mass is 16.4. The molecule has 0 radical (unpaired) electrons. The van der Waals surface area contributed by atoms with Gasteiger partial charge < -0.3 is 54.8 Å². The van der Waals surface area contributed by atoms with Crippen LogP contribution in [0.1, 0.15) is 44.9 Å². The Morgan fingerprint density at radius 1 is 0.684 bits per heavy atom. The molecule has 4 atom stereocenters. The number of rotatable bonds is 19. The first kappa shape index (κ1) is 33.5. The minimum Gasteiger partial charge on any atom is -0.481 e. The molecule has 18 nitrogen and oxygen atoms in total. The van der Waals surface area contributed by atoms with Crippen molar-refractivity contribution < 1.29 is 43.8 Å². The van der Waals surface area contributed by atoms with Gasteiger partial charge >= 0.3 is 11.9 Å². The standard InChI is InChI=1S/C20H35N9O9/c21-9(2-1-7-26-20(24)25)16(34)27-11(4-6-15(32)33)17(35)28-10(3-5-13(22)30)18(36)29-12(19(37)38)8-14(23)31/h9-12H,1-8,21H2,(H2,22,30)(H2,23,31)(H,27,34)(H,28,35)(H,29,36)(H,32,33)(H,37,38)(H4,24,25,26). The maximum absolute atomic E-state index is 12.9. The van der Waals surface area contributed by atoms with E-state index in [0.29, 0.717) is 6.42 Å². The fourth-order valence-electron chi connectivity index (χ4n) is 2.97. The van der Waals surface area contributed by atoms with E-state index in [-0.39, 0.29) is 25.3 Å². The highest BCUT2D eigenvalue weighted by molar-refractivity contribution is 5.95. The van der Waals surface area contributed by atoms with Crippen molar-refractivity contribution in [3.63, 3.8) is 0 Å². The highest BCUT2D eigenvalue weighted by Gasteiger charge is 2.31. The molecule has 0 fully saturated rings. The number of hydrogen-bond acceptors (Lipinski definition) is 9. The molecular formula is C20H35N9O9. The number of nitrogens with zero attached hydrogens (tertiary/aromatic N) is 1.